The van der Waals surface area contributed by atoms with E-state index in [0.717, 1.165) is 32.1 Å². The molecule has 0 spiro atoms. The van der Waals surface area contributed by atoms with Crippen molar-refractivity contribution in [2.24, 2.45) is 34.5 Å². The molecule has 0 aromatic carbocycles. The summed E-state index contributed by atoms with van der Waals surface area (Å²) in [4.78, 5) is 0. The molecule has 162 valence electrons. The number of nitriles is 1. The van der Waals surface area contributed by atoms with Gasteiger partial charge >= 0.3 is 6.18 Å². The summed E-state index contributed by atoms with van der Waals surface area (Å²) in [5.74, 6) is 0.937. The van der Waals surface area contributed by atoms with Crippen molar-refractivity contribution in [2.75, 3.05) is 7.11 Å². The Kier molecular flexibility index (Phi) is 4.91. The minimum Gasteiger partial charge on any atom is -0.381 e. The maximum atomic E-state index is 13.5. The van der Waals surface area contributed by atoms with Gasteiger partial charge in [-0.05, 0) is 85.9 Å². The van der Waals surface area contributed by atoms with Crippen LogP contribution >= 0.6 is 0 Å². The molecule has 0 aromatic heterocycles. The summed E-state index contributed by atoms with van der Waals surface area (Å²) >= 11 is 0. The van der Waals surface area contributed by atoms with Gasteiger partial charge in [-0.3, -0.25) is 0 Å². The monoisotopic (exact) mass is 411 g/mol. The lowest BCUT2D eigenvalue weighted by atomic mass is 9.43. The number of fused-ring (bicyclic) bond motifs is 5. The summed E-state index contributed by atoms with van der Waals surface area (Å²) in [7, 11) is 1.72. The normalized spacial score (nSPS) is 51.1. The van der Waals surface area contributed by atoms with Crippen molar-refractivity contribution in [1.82, 2.24) is 0 Å². The number of alkyl halides is 3. The van der Waals surface area contributed by atoms with Gasteiger partial charge in [0.1, 0.15) is 0 Å². The van der Waals surface area contributed by atoms with Crippen molar-refractivity contribution < 1.29 is 23.0 Å². The topological polar surface area (TPSA) is 53.2 Å². The Morgan fingerprint density at radius 2 is 1.90 bits per heavy atom. The predicted molar refractivity (Wildman–Crippen MR) is 103 cm³/mol. The van der Waals surface area contributed by atoms with Crippen LogP contribution in [0.3, 0.4) is 0 Å². The first-order valence-corrected chi connectivity index (χ1v) is 10.9. The van der Waals surface area contributed by atoms with Crippen molar-refractivity contribution in [3.05, 3.63) is 11.6 Å². The van der Waals surface area contributed by atoms with E-state index >= 15 is 0 Å². The third-order valence-electron chi connectivity index (χ3n) is 9.55. The van der Waals surface area contributed by atoms with Crippen LogP contribution in [0.1, 0.15) is 65.2 Å². The average Bonchev–Trinajstić information content (AvgIpc) is 2.97. The second kappa shape index (κ2) is 6.72. The van der Waals surface area contributed by atoms with E-state index in [9.17, 15) is 23.5 Å². The van der Waals surface area contributed by atoms with Crippen LogP contribution in [-0.2, 0) is 4.74 Å². The molecule has 8 unspecified atom stereocenters. The molecule has 0 amide bonds. The van der Waals surface area contributed by atoms with Gasteiger partial charge in [-0.25, -0.2) is 0 Å². The highest BCUT2D eigenvalue weighted by Crippen LogP contribution is 2.68. The quantitative estimate of drug-likeness (QED) is 0.588. The highest BCUT2D eigenvalue weighted by Gasteiger charge is 2.66. The fraction of sp³-hybridized carbons (Fsp3) is 0.870. The highest BCUT2D eigenvalue weighted by atomic mass is 19.4. The number of nitrogens with zero attached hydrogens (tertiary/aromatic N) is 1. The first kappa shape index (κ1) is 21.2. The van der Waals surface area contributed by atoms with Crippen LogP contribution in [0.25, 0.3) is 0 Å². The zero-order chi connectivity index (χ0) is 21.2. The molecule has 3 nitrogen and oxygen atoms in total. The van der Waals surface area contributed by atoms with Gasteiger partial charge in [-0.15, -0.1) is 0 Å². The maximum absolute atomic E-state index is 13.5. The van der Waals surface area contributed by atoms with E-state index in [1.54, 1.807) is 13.2 Å². The molecule has 4 aliphatic rings. The minimum absolute atomic E-state index is 0.0219. The van der Waals surface area contributed by atoms with Gasteiger partial charge in [0.25, 0.3) is 0 Å². The summed E-state index contributed by atoms with van der Waals surface area (Å²) < 4.78 is 46.6. The first-order valence-electron chi connectivity index (χ1n) is 10.9. The molecular formula is C23H32F3NO2. The van der Waals surface area contributed by atoms with Crippen molar-refractivity contribution in [3.8, 4) is 6.07 Å². The second-order valence-electron chi connectivity index (χ2n) is 10.5. The molecule has 1 N–H and O–H groups in total. The molecular weight excluding hydrogens is 379 g/mol. The lowest BCUT2D eigenvalue weighted by molar-refractivity contribution is -0.293. The summed E-state index contributed by atoms with van der Waals surface area (Å²) in [5.41, 5.74) is -1.63. The van der Waals surface area contributed by atoms with Gasteiger partial charge in [-0.2, -0.15) is 18.4 Å². The van der Waals surface area contributed by atoms with Crippen LogP contribution in [0, 0.1) is 45.8 Å². The van der Waals surface area contributed by atoms with E-state index in [1.165, 1.54) is 5.57 Å². The Labute approximate surface area is 171 Å². The van der Waals surface area contributed by atoms with E-state index < -0.39 is 11.8 Å². The van der Waals surface area contributed by atoms with Crippen LogP contribution in [0.4, 0.5) is 13.2 Å². The van der Waals surface area contributed by atoms with E-state index in [1.807, 2.05) is 0 Å². The molecule has 4 aliphatic carbocycles. The summed E-state index contributed by atoms with van der Waals surface area (Å²) in [5, 5.41) is 19.6. The maximum Gasteiger partial charge on any atom is 0.417 e. The molecule has 0 aliphatic heterocycles. The number of methoxy groups -OCH3 is 1. The Hall–Kier alpha value is -1.06. The van der Waals surface area contributed by atoms with Crippen LogP contribution in [0.5, 0.6) is 0 Å². The molecule has 4 rings (SSSR count). The Morgan fingerprint density at radius 1 is 1.17 bits per heavy atom. The predicted octanol–water partition coefficient (Wildman–Crippen LogP) is 5.40. The van der Waals surface area contributed by atoms with E-state index in [4.69, 9.17) is 4.74 Å². The van der Waals surface area contributed by atoms with Crippen molar-refractivity contribution >= 4 is 0 Å². The van der Waals surface area contributed by atoms with Crippen molar-refractivity contribution in [1.29, 1.82) is 5.26 Å². The summed E-state index contributed by atoms with van der Waals surface area (Å²) in [6, 6.07) is 2.21. The molecule has 0 aromatic rings. The first-order chi connectivity index (χ1) is 13.5. The molecule has 6 heteroatoms. The van der Waals surface area contributed by atoms with Crippen LogP contribution < -0.4 is 0 Å². The minimum atomic E-state index is -4.57. The number of rotatable bonds is 1. The number of aliphatic hydroxyl groups is 1. The third-order valence-corrected chi connectivity index (χ3v) is 9.55. The van der Waals surface area contributed by atoms with E-state index in [0.29, 0.717) is 18.3 Å². The van der Waals surface area contributed by atoms with Crippen LogP contribution in [0.15, 0.2) is 11.6 Å². The lowest BCUT2D eigenvalue weighted by Gasteiger charge is -2.63. The van der Waals surface area contributed by atoms with Gasteiger partial charge in [-0.1, -0.05) is 19.4 Å². The number of halogens is 3. The fourth-order valence-corrected chi connectivity index (χ4v) is 7.98. The van der Waals surface area contributed by atoms with Crippen LogP contribution in [-0.4, -0.2) is 30.1 Å². The SMILES string of the molecule is COC1CC2(C)C(=CC#N)CCC2C2CCC3CC(O)(C(F)(F)F)CCC3(C)C12. The van der Waals surface area contributed by atoms with Gasteiger partial charge in [0, 0.05) is 13.2 Å². The molecule has 0 heterocycles. The third kappa shape index (κ3) is 2.91. The van der Waals surface area contributed by atoms with Crippen LogP contribution in [0.2, 0.25) is 0 Å². The van der Waals surface area contributed by atoms with Crippen molar-refractivity contribution in [3.63, 3.8) is 0 Å². The number of allylic oxidation sites excluding steroid dienone is 2. The fourth-order valence-electron chi connectivity index (χ4n) is 7.98. The lowest BCUT2D eigenvalue weighted by Crippen LogP contribution is -2.62. The van der Waals surface area contributed by atoms with Gasteiger partial charge < -0.3 is 9.84 Å². The average molecular weight is 412 g/mol. The Balaban J connectivity index is 1.68. The summed E-state index contributed by atoms with van der Waals surface area (Å²) in [6.07, 6.45) is 1.54. The Bertz CT molecular complexity index is 743. The highest BCUT2D eigenvalue weighted by molar-refractivity contribution is 5.29. The zero-order valence-electron chi connectivity index (χ0n) is 17.6. The smallest absolute Gasteiger partial charge is 0.381 e. The zero-order valence-corrected chi connectivity index (χ0v) is 17.6. The number of hydrogen-bond acceptors (Lipinski definition) is 3. The molecule has 0 bridgehead atoms. The second-order valence-corrected chi connectivity index (χ2v) is 10.5. The molecule has 4 fully saturated rings. The molecule has 8 atom stereocenters. The number of hydrogen-bond donors (Lipinski definition) is 1. The molecule has 0 saturated heterocycles. The van der Waals surface area contributed by atoms with E-state index in [-0.39, 0.29) is 41.6 Å². The largest absolute Gasteiger partial charge is 0.417 e. The molecule has 0 radical (unpaired) electrons. The van der Waals surface area contributed by atoms with E-state index in [2.05, 4.69) is 19.9 Å². The van der Waals surface area contributed by atoms with Gasteiger partial charge in [0.15, 0.2) is 5.60 Å². The summed E-state index contributed by atoms with van der Waals surface area (Å²) in [6.45, 7) is 4.41. The standard InChI is InChI=1S/C23H32F3NO2/c1-20-9-10-22(28,23(24,25)26)12-15(20)4-6-16-17-7-5-14(8-11-27)21(17,2)13-18(29-3)19(16)20/h8,15-19,28H,4-7,9-10,12-13H2,1-3H3. The Morgan fingerprint density at radius 3 is 2.52 bits per heavy atom. The van der Waals surface area contributed by atoms with Gasteiger partial charge in [0.2, 0.25) is 0 Å². The molecule has 4 saturated carbocycles. The number of ether oxygens (including phenoxy) is 1. The van der Waals surface area contributed by atoms with Gasteiger partial charge in [0.05, 0.1) is 12.2 Å². The molecule has 29 heavy (non-hydrogen) atoms. The van der Waals surface area contributed by atoms with Crippen molar-refractivity contribution in [2.45, 2.75) is 83.1 Å².